The van der Waals surface area contributed by atoms with Crippen LogP contribution < -0.4 is 10.6 Å². The van der Waals surface area contributed by atoms with E-state index in [-0.39, 0.29) is 30.9 Å². The highest BCUT2D eigenvalue weighted by Crippen LogP contribution is 2.28. The molecule has 4 N–H and O–H groups in total. The number of nitro groups is 1. The Hall–Kier alpha value is -3.86. The first-order chi connectivity index (χ1) is 17.8. The maximum Gasteiger partial charge on any atom is 0.335 e. The van der Waals surface area contributed by atoms with Gasteiger partial charge in [0.2, 0.25) is 5.91 Å². The Kier molecular flexibility index (Phi) is 8.82. The molecule has 202 valence electrons. The van der Waals surface area contributed by atoms with E-state index >= 15 is 0 Å². The number of carboxylic acid groups (broad SMARTS) is 1. The van der Waals surface area contributed by atoms with Gasteiger partial charge in [0.25, 0.3) is 15.8 Å². The van der Waals surface area contributed by atoms with E-state index in [0.29, 0.717) is 5.56 Å². The number of esters is 1. The summed E-state index contributed by atoms with van der Waals surface area (Å²) < 4.78 is 37.4. The summed E-state index contributed by atoms with van der Waals surface area (Å²) in [6.45, 7) is -0.207. The van der Waals surface area contributed by atoms with Gasteiger partial charge in [0.1, 0.15) is 12.5 Å². The van der Waals surface area contributed by atoms with Crippen LogP contribution in [0.1, 0.15) is 22.3 Å². The van der Waals surface area contributed by atoms with Gasteiger partial charge in [0.05, 0.1) is 21.4 Å². The molecule has 0 aliphatic carbocycles. The number of anilines is 1. The van der Waals surface area contributed by atoms with Crippen LogP contribution in [0.25, 0.3) is 0 Å². The van der Waals surface area contributed by atoms with Crippen molar-refractivity contribution in [1.82, 2.24) is 5.32 Å². The minimum atomic E-state index is -4.76. The van der Waals surface area contributed by atoms with Gasteiger partial charge in [0.15, 0.2) is 5.12 Å². The Balaban J connectivity index is 1.66. The van der Waals surface area contributed by atoms with E-state index in [1.165, 1.54) is 24.3 Å². The molecule has 3 rings (SSSR count). The Morgan fingerprint density at radius 1 is 1.18 bits per heavy atom. The average Bonchev–Trinajstić information content (AvgIpc) is 3.31. The second kappa shape index (κ2) is 11.7. The van der Waals surface area contributed by atoms with Gasteiger partial charge in [-0.15, -0.1) is 12.6 Å². The number of benzene rings is 2. The standard InChI is InChI=1S/C22H21N3O11S2/c26-19(24-14-5-12(20(27)28)6-16(8-14)38(33,34)35)17-7-13(9-23-17)18(22(30)37)21(29)36-10-11-1-3-15(4-2-11)25(31)32/h1-6,8,13,17-18,23H,7,9-10H2,(H,24,26)(H,27,28)(H,30,37)(H,33,34,35). The number of carbonyl (C=O) groups excluding carboxylic acids is 3. The predicted octanol–water partition coefficient (Wildman–Crippen LogP) is 1.27. The third-order valence-corrected chi connectivity index (χ3v) is 6.83. The van der Waals surface area contributed by atoms with Crippen molar-refractivity contribution in [3.05, 3.63) is 63.7 Å². The lowest BCUT2D eigenvalue weighted by Gasteiger charge is -2.18. The number of hydrogen-bond donors (Lipinski definition) is 5. The maximum absolute atomic E-state index is 12.7. The van der Waals surface area contributed by atoms with Crippen LogP contribution in [-0.2, 0) is 35.8 Å². The molecule has 1 saturated heterocycles. The SMILES string of the molecule is O=C(O)c1cc(NC(=O)C2CC(C(C(=O)S)C(=O)OCc3ccc([N+](=O)[O-])cc3)CN2)cc(S(=O)(=O)O)c1. The molecule has 14 nitrogen and oxygen atoms in total. The Bertz CT molecular complexity index is 1390. The van der Waals surface area contributed by atoms with Crippen molar-refractivity contribution in [1.29, 1.82) is 0 Å². The van der Waals surface area contributed by atoms with E-state index in [1.807, 2.05) is 0 Å². The van der Waals surface area contributed by atoms with Crippen LogP contribution in [0.4, 0.5) is 11.4 Å². The van der Waals surface area contributed by atoms with E-state index in [4.69, 9.17) is 4.74 Å². The number of non-ortho nitro benzene ring substituents is 1. The molecule has 1 amide bonds. The van der Waals surface area contributed by atoms with Gasteiger partial charge < -0.3 is 20.5 Å². The number of amides is 1. The fourth-order valence-electron chi connectivity index (χ4n) is 3.84. The molecule has 0 bridgehead atoms. The highest BCUT2D eigenvalue weighted by Gasteiger charge is 2.41. The van der Waals surface area contributed by atoms with E-state index in [2.05, 4.69) is 23.3 Å². The van der Waals surface area contributed by atoms with Crippen molar-refractivity contribution in [2.45, 2.75) is 24.0 Å². The summed E-state index contributed by atoms with van der Waals surface area (Å²) in [5.74, 6) is -5.13. The van der Waals surface area contributed by atoms with Crippen molar-refractivity contribution >= 4 is 57.1 Å². The van der Waals surface area contributed by atoms with Gasteiger partial charge in [-0.05, 0) is 48.2 Å². The molecule has 0 saturated carbocycles. The first kappa shape index (κ1) is 28.7. The third kappa shape index (κ3) is 7.12. The lowest BCUT2D eigenvalue weighted by atomic mass is 9.90. The number of nitrogens with zero attached hydrogens (tertiary/aromatic N) is 1. The lowest BCUT2D eigenvalue weighted by Crippen LogP contribution is -2.35. The molecule has 0 spiro atoms. The zero-order valence-corrected chi connectivity index (χ0v) is 21.0. The van der Waals surface area contributed by atoms with Gasteiger partial charge in [-0.3, -0.25) is 29.1 Å². The summed E-state index contributed by atoms with van der Waals surface area (Å²) in [5.41, 5.74) is -0.404. The van der Waals surface area contributed by atoms with Gasteiger partial charge in [0, 0.05) is 24.4 Å². The monoisotopic (exact) mass is 567 g/mol. The van der Waals surface area contributed by atoms with E-state index in [1.54, 1.807) is 0 Å². The molecule has 3 unspecified atom stereocenters. The molecule has 16 heteroatoms. The largest absolute Gasteiger partial charge is 0.478 e. The number of ether oxygens (including phenoxy) is 1. The van der Waals surface area contributed by atoms with Gasteiger partial charge in [-0.1, -0.05) is 0 Å². The molecule has 1 aliphatic heterocycles. The number of nitrogens with one attached hydrogen (secondary N) is 2. The number of aromatic carboxylic acids is 1. The second-order valence-electron chi connectivity index (χ2n) is 8.32. The average molecular weight is 568 g/mol. The summed E-state index contributed by atoms with van der Waals surface area (Å²) in [6, 6.07) is 6.92. The fourth-order valence-corrected chi connectivity index (χ4v) is 4.71. The fraction of sp³-hybridized carbons (Fsp3) is 0.273. The van der Waals surface area contributed by atoms with Crippen molar-refractivity contribution in [2.75, 3.05) is 11.9 Å². The number of rotatable bonds is 10. The molecule has 1 aliphatic rings. The van der Waals surface area contributed by atoms with Crippen LogP contribution in [0.15, 0.2) is 47.4 Å². The Morgan fingerprint density at radius 3 is 2.39 bits per heavy atom. The predicted molar refractivity (Wildman–Crippen MR) is 132 cm³/mol. The van der Waals surface area contributed by atoms with Crippen LogP contribution in [0.5, 0.6) is 0 Å². The van der Waals surface area contributed by atoms with Crippen LogP contribution in [-0.4, -0.2) is 58.5 Å². The van der Waals surface area contributed by atoms with Crippen LogP contribution in [0.2, 0.25) is 0 Å². The molecule has 0 radical (unpaired) electrons. The van der Waals surface area contributed by atoms with Gasteiger partial charge in [-0.25, -0.2) is 4.79 Å². The molecular formula is C22H21N3O11S2. The van der Waals surface area contributed by atoms with Crippen LogP contribution >= 0.6 is 12.6 Å². The molecule has 2 aromatic rings. The van der Waals surface area contributed by atoms with E-state index in [0.717, 1.165) is 18.2 Å². The summed E-state index contributed by atoms with van der Waals surface area (Å²) in [6.07, 6.45) is -0.0147. The summed E-state index contributed by atoms with van der Waals surface area (Å²) >= 11 is 3.77. The normalized spacial score (nSPS) is 17.8. The smallest absolute Gasteiger partial charge is 0.335 e. The number of thiol groups is 1. The topological polar surface area (TPSA) is 219 Å². The van der Waals surface area contributed by atoms with Gasteiger partial charge in [-0.2, -0.15) is 8.42 Å². The lowest BCUT2D eigenvalue weighted by molar-refractivity contribution is -0.384. The van der Waals surface area contributed by atoms with Crippen LogP contribution in [0, 0.1) is 22.0 Å². The zero-order valence-electron chi connectivity index (χ0n) is 19.3. The number of carboxylic acids is 1. The van der Waals surface area contributed by atoms with E-state index < -0.39 is 66.3 Å². The first-order valence-electron chi connectivity index (χ1n) is 10.8. The summed E-state index contributed by atoms with van der Waals surface area (Å²) in [4.78, 5) is 58.3. The maximum atomic E-state index is 12.7. The van der Waals surface area contributed by atoms with Crippen molar-refractivity contribution in [3.63, 3.8) is 0 Å². The highest BCUT2D eigenvalue weighted by atomic mass is 32.2. The van der Waals surface area contributed by atoms with Crippen molar-refractivity contribution in [3.8, 4) is 0 Å². The molecule has 1 fully saturated rings. The minimum absolute atomic E-state index is 0.0147. The zero-order chi connectivity index (χ0) is 28.2. The quantitative estimate of drug-likeness (QED) is 0.0684. The number of carbonyl (C=O) groups is 4. The Morgan fingerprint density at radius 2 is 1.84 bits per heavy atom. The van der Waals surface area contributed by atoms with Crippen molar-refractivity contribution in [2.24, 2.45) is 11.8 Å². The summed E-state index contributed by atoms with van der Waals surface area (Å²) in [7, 11) is -4.76. The third-order valence-electron chi connectivity index (χ3n) is 5.72. The van der Waals surface area contributed by atoms with Gasteiger partial charge >= 0.3 is 11.9 Å². The highest BCUT2D eigenvalue weighted by molar-refractivity contribution is 7.96. The molecule has 0 aromatic heterocycles. The minimum Gasteiger partial charge on any atom is -0.478 e. The molecule has 1 heterocycles. The van der Waals surface area contributed by atoms with Crippen LogP contribution in [0.3, 0.4) is 0 Å². The van der Waals surface area contributed by atoms with E-state index in [9.17, 15) is 47.4 Å². The molecule has 38 heavy (non-hydrogen) atoms. The molecular weight excluding hydrogens is 546 g/mol. The number of hydrogen-bond acceptors (Lipinski definition) is 10. The van der Waals surface area contributed by atoms with Crippen molar-refractivity contribution < 1.29 is 46.9 Å². The second-order valence-corrected chi connectivity index (χ2v) is 10.2. The Labute approximate surface area is 220 Å². The number of nitro benzene ring substituents is 1. The summed E-state index contributed by atoms with van der Waals surface area (Å²) in [5, 5.41) is 24.3. The molecule has 3 atom stereocenters. The molecule has 2 aromatic carbocycles. The first-order valence-corrected chi connectivity index (χ1v) is 12.7.